The van der Waals surface area contributed by atoms with Crippen molar-refractivity contribution in [2.75, 3.05) is 7.11 Å². The highest BCUT2D eigenvalue weighted by molar-refractivity contribution is 5.67. The van der Waals surface area contributed by atoms with Crippen molar-refractivity contribution in [2.45, 2.75) is 27.3 Å². The van der Waals surface area contributed by atoms with Gasteiger partial charge in [-0.1, -0.05) is 12.1 Å². The number of rotatable bonds is 2. The number of ether oxygens (including phenoxy) is 1. The minimum Gasteiger partial charge on any atom is -0.453 e. The molecule has 0 fully saturated rings. The normalized spacial score (nSPS) is 9.87. The molecule has 1 amide bonds. The molecule has 1 aromatic carbocycles. The number of carbonyl (C=O) groups is 1. The maximum absolute atomic E-state index is 10.9. The summed E-state index contributed by atoms with van der Waals surface area (Å²) in [6.45, 7) is 6.75. The van der Waals surface area contributed by atoms with Crippen molar-refractivity contribution < 1.29 is 9.53 Å². The zero-order valence-electron chi connectivity index (χ0n) is 9.68. The van der Waals surface area contributed by atoms with E-state index in [9.17, 15) is 4.79 Å². The lowest BCUT2D eigenvalue weighted by Crippen LogP contribution is -2.22. The van der Waals surface area contributed by atoms with Crippen LogP contribution in [0.1, 0.15) is 22.3 Å². The number of hydrogen-bond donors (Lipinski definition) is 1. The molecule has 82 valence electrons. The highest BCUT2D eigenvalue weighted by Gasteiger charge is 2.05. The molecular formula is C12H17NO2. The number of aryl methyl sites for hydroxylation is 1. The van der Waals surface area contributed by atoms with Crippen molar-refractivity contribution in [3.63, 3.8) is 0 Å². The van der Waals surface area contributed by atoms with E-state index in [1.807, 2.05) is 6.07 Å². The predicted octanol–water partition coefficient (Wildman–Crippen LogP) is 2.47. The van der Waals surface area contributed by atoms with Crippen LogP contribution in [0.15, 0.2) is 12.1 Å². The number of hydrogen-bond acceptors (Lipinski definition) is 2. The predicted molar refractivity (Wildman–Crippen MR) is 59.9 cm³/mol. The Kier molecular flexibility index (Phi) is 3.72. The van der Waals surface area contributed by atoms with E-state index in [4.69, 9.17) is 0 Å². The summed E-state index contributed by atoms with van der Waals surface area (Å²) in [5, 5.41) is 2.67. The fourth-order valence-corrected chi connectivity index (χ4v) is 1.44. The molecule has 15 heavy (non-hydrogen) atoms. The molecule has 3 heteroatoms. The first-order chi connectivity index (χ1) is 7.06. The van der Waals surface area contributed by atoms with Gasteiger partial charge < -0.3 is 10.1 Å². The number of methoxy groups -OCH3 is 1. The van der Waals surface area contributed by atoms with Crippen LogP contribution < -0.4 is 5.32 Å². The van der Waals surface area contributed by atoms with E-state index in [1.54, 1.807) is 0 Å². The Hall–Kier alpha value is -1.51. The van der Waals surface area contributed by atoms with Gasteiger partial charge in [0.05, 0.1) is 7.11 Å². The summed E-state index contributed by atoms with van der Waals surface area (Å²) in [6, 6.07) is 4.10. The standard InChI is InChI=1S/C12H17NO2/c1-8-5-6-11(10(3)9(8)2)7-13-12(14)15-4/h5-6H,7H2,1-4H3,(H,13,14). The average molecular weight is 207 g/mol. The molecule has 0 unspecified atom stereocenters. The highest BCUT2D eigenvalue weighted by Crippen LogP contribution is 2.16. The van der Waals surface area contributed by atoms with Crippen LogP contribution in [0.2, 0.25) is 0 Å². The lowest BCUT2D eigenvalue weighted by atomic mass is 9.99. The third-order valence-electron chi connectivity index (χ3n) is 2.78. The van der Waals surface area contributed by atoms with Crippen LogP contribution in [0.5, 0.6) is 0 Å². The van der Waals surface area contributed by atoms with E-state index in [-0.39, 0.29) is 0 Å². The van der Waals surface area contributed by atoms with Crippen LogP contribution in [0, 0.1) is 20.8 Å². The molecule has 0 aliphatic carbocycles. The highest BCUT2D eigenvalue weighted by atomic mass is 16.5. The zero-order valence-corrected chi connectivity index (χ0v) is 9.68. The van der Waals surface area contributed by atoms with Crippen LogP contribution in [0.4, 0.5) is 4.79 Å². The van der Waals surface area contributed by atoms with E-state index in [0.29, 0.717) is 6.54 Å². The molecule has 3 nitrogen and oxygen atoms in total. The number of benzene rings is 1. The summed E-state index contributed by atoms with van der Waals surface area (Å²) in [6.07, 6.45) is -0.396. The average Bonchev–Trinajstić information content (AvgIpc) is 2.24. The minimum absolute atomic E-state index is 0.396. The summed E-state index contributed by atoms with van der Waals surface area (Å²) >= 11 is 0. The monoisotopic (exact) mass is 207 g/mol. The number of nitrogens with one attached hydrogen (secondary N) is 1. The lowest BCUT2D eigenvalue weighted by molar-refractivity contribution is 0.170. The molecule has 0 atom stereocenters. The lowest BCUT2D eigenvalue weighted by Gasteiger charge is -2.11. The molecule has 0 bridgehead atoms. The van der Waals surface area contributed by atoms with Gasteiger partial charge in [-0.2, -0.15) is 0 Å². The van der Waals surface area contributed by atoms with Crippen LogP contribution in [0.3, 0.4) is 0 Å². The quantitative estimate of drug-likeness (QED) is 0.809. The summed E-state index contributed by atoms with van der Waals surface area (Å²) in [5.74, 6) is 0. The number of alkyl carbamates (subject to hydrolysis) is 1. The molecule has 0 aliphatic heterocycles. The van der Waals surface area contributed by atoms with Gasteiger partial charge in [0.1, 0.15) is 0 Å². The first-order valence-corrected chi connectivity index (χ1v) is 4.93. The van der Waals surface area contributed by atoms with E-state index in [0.717, 1.165) is 5.56 Å². The summed E-state index contributed by atoms with van der Waals surface area (Å²) in [7, 11) is 1.36. The van der Waals surface area contributed by atoms with Gasteiger partial charge >= 0.3 is 6.09 Å². The van der Waals surface area contributed by atoms with Crippen molar-refractivity contribution >= 4 is 6.09 Å². The molecule has 0 aromatic heterocycles. The largest absolute Gasteiger partial charge is 0.453 e. The second-order valence-electron chi connectivity index (χ2n) is 3.64. The molecule has 1 N–H and O–H groups in total. The van der Waals surface area contributed by atoms with Crippen LogP contribution in [-0.4, -0.2) is 13.2 Å². The summed E-state index contributed by atoms with van der Waals surface area (Å²) in [4.78, 5) is 10.9. The van der Waals surface area contributed by atoms with E-state index < -0.39 is 6.09 Å². The Bertz CT molecular complexity index is 372. The van der Waals surface area contributed by atoms with Crippen LogP contribution in [0.25, 0.3) is 0 Å². The second-order valence-corrected chi connectivity index (χ2v) is 3.64. The molecule has 1 aromatic rings. The Labute approximate surface area is 90.4 Å². The van der Waals surface area contributed by atoms with Gasteiger partial charge in [-0.25, -0.2) is 4.79 Å². The zero-order chi connectivity index (χ0) is 11.4. The maximum atomic E-state index is 10.9. The van der Waals surface area contributed by atoms with Crippen molar-refractivity contribution in [3.8, 4) is 0 Å². The second kappa shape index (κ2) is 4.82. The van der Waals surface area contributed by atoms with Gasteiger partial charge in [-0.05, 0) is 43.0 Å². The van der Waals surface area contributed by atoms with Gasteiger partial charge in [0.15, 0.2) is 0 Å². The molecule has 0 heterocycles. The topological polar surface area (TPSA) is 38.3 Å². The SMILES string of the molecule is COC(=O)NCc1ccc(C)c(C)c1C. The molecule has 0 saturated heterocycles. The first kappa shape index (κ1) is 11.6. The molecule has 0 saturated carbocycles. The van der Waals surface area contributed by atoms with Gasteiger partial charge in [-0.15, -0.1) is 0 Å². The fraction of sp³-hybridized carbons (Fsp3) is 0.417. The van der Waals surface area contributed by atoms with Crippen LogP contribution in [-0.2, 0) is 11.3 Å². The van der Waals surface area contributed by atoms with Crippen molar-refractivity contribution in [1.82, 2.24) is 5.32 Å². The van der Waals surface area contributed by atoms with E-state index in [2.05, 4.69) is 36.9 Å². The van der Waals surface area contributed by atoms with Crippen molar-refractivity contribution in [1.29, 1.82) is 0 Å². The summed E-state index contributed by atoms with van der Waals surface area (Å²) in [5.41, 5.74) is 4.91. The van der Waals surface area contributed by atoms with Crippen LogP contribution >= 0.6 is 0 Å². The minimum atomic E-state index is -0.396. The fourth-order valence-electron chi connectivity index (χ4n) is 1.44. The number of carbonyl (C=O) groups excluding carboxylic acids is 1. The molecule has 0 spiro atoms. The van der Waals surface area contributed by atoms with Crippen molar-refractivity contribution in [2.24, 2.45) is 0 Å². The third-order valence-corrected chi connectivity index (χ3v) is 2.78. The Morgan fingerprint density at radius 3 is 2.53 bits per heavy atom. The molecule has 0 radical (unpaired) electrons. The molecule has 0 aliphatic rings. The third kappa shape index (κ3) is 2.72. The Balaban J connectivity index is 2.78. The van der Waals surface area contributed by atoms with Gasteiger partial charge in [0.2, 0.25) is 0 Å². The van der Waals surface area contributed by atoms with Gasteiger partial charge in [-0.3, -0.25) is 0 Å². The van der Waals surface area contributed by atoms with Gasteiger partial charge in [0, 0.05) is 6.54 Å². The number of amides is 1. The Morgan fingerprint density at radius 2 is 1.93 bits per heavy atom. The maximum Gasteiger partial charge on any atom is 0.407 e. The smallest absolute Gasteiger partial charge is 0.407 e. The van der Waals surface area contributed by atoms with Crippen molar-refractivity contribution in [3.05, 3.63) is 34.4 Å². The van der Waals surface area contributed by atoms with E-state index in [1.165, 1.54) is 23.8 Å². The Morgan fingerprint density at radius 1 is 1.27 bits per heavy atom. The van der Waals surface area contributed by atoms with Gasteiger partial charge in [0.25, 0.3) is 0 Å². The molecule has 1 rings (SSSR count). The first-order valence-electron chi connectivity index (χ1n) is 4.93. The van der Waals surface area contributed by atoms with E-state index >= 15 is 0 Å². The molecular weight excluding hydrogens is 190 g/mol. The summed E-state index contributed by atoms with van der Waals surface area (Å²) < 4.78 is 4.52.